The molecule has 0 saturated heterocycles. The van der Waals surface area contributed by atoms with E-state index in [4.69, 9.17) is 11.5 Å². The summed E-state index contributed by atoms with van der Waals surface area (Å²) in [5.74, 6) is 0. The van der Waals surface area contributed by atoms with Crippen LogP contribution in [0.5, 0.6) is 0 Å². The first kappa shape index (κ1) is 19.3. The van der Waals surface area contributed by atoms with Crippen LogP contribution in [0.2, 0.25) is 0 Å². The smallest absolute Gasteiger partial charge is 0.144 e. The van der Waals surface area contributed by atoms with Gasteiger partial charge in [0.15, 0.2) is 0 Å². The third kappa shape index (κ3) is 25.9. The van der Waals surface area contributed by atoms with Gasteiger partial charge in [-0.3, -0.25) is 0 Å². The zero-order chi connectivity index (χ0) is 15.3. The van der Waals surface area contributed by atoms with Crippen LogP contribution in [0.15, 0.2) is 67.4 Å². The number of anilines is 1. The van der Waals surface area contributed by atoms with Gasteiger partial charge in [0.1, 0.15) is 9.84 Å². The fourth-order valence-electron chi connectivity index (χ4n) is 0.657. The maximum Gasteiger partial charge on any atom is 0.144 e. The molecule has 1 aromatic rings. The molecule has 0 heterocycles. The quantitative estimate of drug-likeness (QED) is 0.642. The van der Waals surface area contributed by atoms with Crippen molar-refractivity contribution in [1.82, 2.24) is 0 Å². The molecule has 1 aromatic carbocycles. The molecule has 0 unspecified atom stereocenters. The highest BCUT2D eigenvalue weighted by Gasteiger charge is 1.79. The number of hydrogen-bond acceptors (Lipinski definition) is 4. The number of benzene rings is 1. The van der Waals surface area contributed by atoms with Gasteiger partial charge in [-0.05, 0) is 24.3 Å². The zero-order valence-corrected chi connectivity index (χ0v) is 12.2. The van der Waals surface area contributed by atoms with Gasteiger partial charge in [0.05, 0.1) is 0 Å². The fraction of sp³-hybridized carbons (Fsp3) is 0.143. The third-order valence-electron chi connectivity index (χ3n) is 1.35. The molecule has 0 saturated carbocycles. The van der Waals surface area contributed by atoms with Gasteiger partial charge < -0.3 is 11.5 Å². The average Bonchev–Trinajstić information content (AvgIpc) is 2.29. The van der Waals surface area contributed by atoms with Gasteiger partial charge in [-0.2, -0.15) is 0 Å². The molecule has 5 heteroatoms. The van der Waals surface area contributed by atoms with Crippen molar-refractivity contribution in [2.75, 3.05) is 18.2 Å². The van der Waals surface area contributed by atoms with E-state index < -0.39 is 9.84 Å². The molecule has 19 heavy (non-hydrogen) atoms. The first-order valence-electron chi connectivity index (χ1n) is 5.37. The zero-order valence-electron chi connectivity index (χ0n) is 11.4. The number of hydrogen-bond donors (Lipinski definition) is 2. The molecule has 0 atom stereocenters. The SMILES string of the molecule is C=C/C=C(/N)C=C.CS(C)(=O)=O.Nc1ccccc1. The van der Waals surface area contributed by atoms with Crippen LogP contribution in [-0.4, -0.2) is 20.9 Å². The molecule has 4 nitrogen and oxygen atoms in total. The Labute approximate surface area is 116 Å². The van der Waals surface area contributed by atoms with Gasteiger partial charge in [0, 0.05) is 23.9 Å². The standard InChI is InChI=1S/C6H7N.C6H9N.C2H6O2S/c7-6-4-2-1-3-5-6;1-3-5-6(7)4-2;1-5(2,3)4/h1-5H,7H2;3-5H,1-2,7H2;1-2H3/b;6-5+;. The summed E-state index contributed by atoms with van der Waals surface area (Å²) in [5, 5.41) is 0. The van der Waals surface area contributed by atoms with Crippen molar-refractivity contribution in [2.24, 2.45) is 5.73 Å². The molecular weight excluding hydrogens is 260 g/mol. The van der Waals surface area contributed by atoms with Crippen molar-refractivity contribution in [3.63, 3.8) is 0 Å². The van der Waals surface area contributed by atoms with E-state index in [9.17, 15) is 8.42 Å². The van der Waals surface area contributed by atoms with Crippen LogP contribution in [0.1, 0.15) is 0 Å². The molecule has 0 fully saturated rings. The fourth-order valence-corrected chi connectivity index (χ4v) is 0.657. The summed E-state index contributed by atoms with van der Waals surface area (Å²) in [7, 11) is -2.67. The lowest BCUT2D eigenvalue weighted by Gasteiger charge is -1.83. The first-order valence-corrected chi connectivity index (χ1v) is 7.66. The van der Waals surface area contributed by atoms with Crippen LogP contribution in [-0.2, 0) is 9.84 Å². The van der Waals surface area contributed by atoms with E-state index in [2.05, 4.69) is 13.2 Å². The lowest BCUT2D eigenvalue weighted by Crippen LogP contribution is -1.89. The lowest BCUT2D eigenvalue weighted by molar-refractivity contribution is 0.607. The van der Waals surface area contributed by atoms with Crippen molar-refractivity contribution in [2.45, 2.75) is 0 Å². The molecule has 0 amide bonds. The third-order valence-corrected chi connectivity index (χ3v) is 1.35. The molecule has 1 rings (SSSR count). The predicted octanol–water partition coefficient (Wildman–Crippen LogP) is 2.13. The molecule has 0 radical (unpaired) electrons. The first-order chi connectivity index (χ1) is 8.70. The Morgan fingerprint density at radius 2 is 1.58 bits per heavy atom. The van der Waals surface area contributed by atoms with Crippen LogP contribution in [0.25, 0.3) is 0 Å². The van der Waals surface area contributed by atoms with Gasteiger partial charge in [-0.1, -0.05) is 37.4 Å². The van der Waals surface area contributed by atoms with Gasteiger partial charge in [0.2, 0.25) is 0 Å². The summed E-state index contributed by atoms with van der Waals surface area (Å²) in [6.45, 7) is 6.88. The molecule has 4 N–H and O–H groups in total. The van der Waals surface area contributed by atoms with E-state index >= 15 is 0 Å². The largest absolute Gasteiger partial charge is 0.399 e. The van der Waals surface area contributed by atoms with Crippen LogP contribution in [0.4, 0.5) is 5.69 Å². The van der Waals surface area contributed by atoms with E-state index in [1.165, 1.54) is 0 Å². The second-order valence-electron chi connectivity index (χ2n) is 3.66. The van der Waals surface area contributed by atoms with Gasteiger partial charge in [-0.25, -0.2) is 8.42 Å². The van der Waals surface area contributed by atoms with Crippen molar-refractivity contribution in [3.8, 4) is 0 Å². The van der Waals surface area contributed by atoms with Crippen molar-refractivity contribution in [1.29, 1.82) is 0 Å². The monoisotopic (exact) mass is 282 g/mol. The van der Waals surface area contributed by atoms with Crippen LogP contribution in [0.3, 0.4) is 0 Å². The molecule has 0 bridgehead atoms. The van der Waals surface area contributed by atoms with Crippen LogP contribution < -0.4 is 11.5 Å². The van der Waals surface area contributed by atoms with Crippen molar-refractivity contribution >= 4 is 15.5 Å². The Morgan fingerprint density at radius 3 is 1.74 bits per heavy atom. The minimum Gasteiger partial charge on any atom is -0.399 e. The van der Waals surface area contributed by atoms with E-state index in [0.717, 1.165) is 18.2 Å². The number of nitrogens with two attached hydrogens (primary N) is 2. The summed E-state index contributed by atoms with van der Waals surface area (Å²) in [4.78, 5) is 0. The van der Waals surface area contributed by atoms with Gasteiger partial charge in [-0.15, -0.1) is 0 Å². The molecular formula is C14H22N2O2S. The number of sulfone groups is 1. The average molecular weight is 282 g/mol. The second kappa shape index (κ2) is 11.1. The molecule has 0 aliphatic rings. The van der Waals surface area contributed by atoms with Gasteiger partial charge in [0.25, 0.3) is 0 Å². The summed E-state index contributed by atoms with van der Waals surface area (Å²) in [6, 6.07) is 9.49. The summed E-state index contributed by atoms with van der Waals surface area (Å²) in [5.41, 5.74) is 12.1. The van der Waals surface area contributed by atoms with Crippen molar-refractivity contribution < 1.29 is 8.42 Å². The molecule has 0 aromatic heterocycles. The minimum absolute atomic E-state index is 0.648. The Balaban J connectivity index is 0. The highest BCUT2D eigenvalue weighted by atomic mass is 32.2. The van der Waals surface area contributed by atoms with E-state index in [-0.39, 0.29) is 0 Å². The normalized spacial score (nSPS) is 10.1. The number of nitrogen functional groups attached to an aromatic ring is 1. The maximum absolute atomic E-state index is 9.63. The topological polar surface area (TPSA) is 86.2 Å². The summed E-state index contributed by atoms with van der Waals surface area (Å²) >= 11 is 0. The minimum atomic E-state index is -2.67. The Hall–Kier alpha value is -2.01. The molecule has 0 aliphatic heterocycles. The Morgan fingerprint density at radius 1 is 1.16 bits per heavy atom. The number of para-hydroxylation sites is 1. The summed E-state index contributed by atoms with van der Waals surface area (Å²) in [6.07, 6.45) is 7.20. The van der Waals surface area contributed by atoms with E-state index in [1.54, 1.807) is 18.2 Å². The number of rotatable bonds is 2. The lowest BCUT2D eigenvalue weighted by atomic mass is 10.3. The van der Waals surface area contributed by atoms with Crippen LogP contribution >= 0.6 is 0 Å². The number of allylic oxidation sites excluding steroid dienone is 3. The van der Waals surface area contributed by atoms with E-state index in [1.807, 2.05) is 30.3 Å². The molecule has 0 spiro atoms. The molecule has 0 aliphatic carbocycles. The van der Waals surface area contributed by atoms with Crippen molar-refractivity contribution in [3.05, 3.63) is 67.4 Å². The second-order valence-corrected chi connectivity index (χ2v) is 5.95. The Bertz CT molecular complexity index is 483. The predicted molar refractivity (Wildman–Crippen MR) is 84.3 cm³/mol. The molecule has 106 valence electrons. The maximum atomic E-state index is 9.63. The van der Waals surface area contributed by atoms with Crippen LogP contribution in [0, 0.1) is 0 Å². The van der Waals surface area contributed by atoms with E-state index in [0.29, 0.717) is 5.70 Å². The highest BCUT2D eigenvalue weighted by molar-refractivity contribution is 7.89. The highest BCUT2D eigenvalue weighted by Crippen LogP contribution is 1.95. The van der Waals surface area contributed by atoms with Gasteiger partial charge >= 0.3 is 0 Å². The Kier molecular flexibility index (Phi) is 11.3. The summed E-state index contributed by atoms with van der Waals surface area (Å²) < 4.78 is 19.3.